The number of hydrogen-bond donors (Lipinski definition) is 0. The summed E-state index contributed by atoms with van der Waals surface area (Å²) in [5.41, 5.74) is 0.864. The molecule has 18 heavy (non-hydrogen) atoms. The van der Waals surface area contributed by atoms with Crippen molar-refractivity contribution in [2.24, 2.45) is 0 Å². The Kier molecular flexibility index (Phi) is 3.05. The molecular weight excluding hydrogens is 359 g/mol. The molecule has 0 saturated carbocycles. The third kappa shape index (κ3) is 1.93. The van der Waals surface area contributed by atoms with Crippen LogP contribution in [0.3, 0.4) is 0 Å². The lowest BCUT2D eigenvalue weighted by molar-refractivity contribution is 0.898. The first-order valence-corrected chi connectivity index (χ1v) is 7.26. The molecule has 0 saturated heterocycles. The Morgan fingerprint density at radius 3 is 2.50 bits per heavy atom. The van der Waals surface area contributed by atoms with Crippen LogP contribution in [0.4, 0.5) is 0 Å². The van der Waals surface area contributed by atoms with Gasteiger partial charge in [0.1, 0.15) is 5.01 Å². The number of aromatic nitrogens is 4. The molecule has 0 bridgehead atoms. The van der Waals surface area contributed by atoms with E-state index in [0.29, 0.717) is 14.5 Å². The summed E-state index contributed by atoms with van der Waals surface area (Å²) in [6.45, 7) is 1.85. The Bertz CT molecular complexity index is 728. The number of rotatable bonds is 1. The van der Waals surface area contributed by atoms with Crippen LogP contribution in [-0.2, 0) is 0 Å². The minimum absolute atomic E-state index is 0.556. The van der Waals surface area contributed by atoms with E-state index in [-0.39, 0.29) is 0 Å². The fourth-order valence-corrected chi connectivity index (χ4v) is 3.10. The van der Waals surface area contributed by atoms with Gasteiger partial charge in [-0.2, -0.15) is 9.61 Å². The molecule has 0 N–H and O–H groups in total. The first kappa shape index (κ1) is 12.3. The summed E-state index contributed by atoms with van der Waals surface area (Å²) < 4.78 is 2.39. The van der Waals surface area contributed by atoms with Gasteiger partial charge in [0, 0.05) is 5.56 Å². The molecule has 0 spiro atoms. The van der Waals surface area contributed by atoms with Gasteiger partial charge in [-0.05, 0) is 35.0 Å². The second kappa shape index (κ2) is 4.45. The number of halogens is 3. The molecule has 0 fully saturated rings. The van der Waals surface area contributed by atoms with E-state index in [4.69, 9.17) is 23.2 Å². The van der Waals surface area contributed by atoms with Crippen molar-refractivity contribution in [1.29, 1.82) is 0 Å². The lowest BCUT2D eigenvalue weighted by Crippen LogP contribution is -1.88. The maximum absolute atomic E-state index is 6.08. The number of aryl methyl sites for hydroxylation is 1. The zero-order valence-corrected chi connectivity index (χ0v) is 12.9. The quantitative estimate of drug-likeness (QED) is 0.607. The second-order valence-electron chi connectivity index (χ2n) is 3.60. The first-order chi connectivity index (χ1) is 8.56. The van der Waals surface area contributed by atoms with Crippen LogP contribution in [0.5, 0.6) is 0 Å². The van der Waals surface area contributed by atoms with Crippen LogP contribution in [0.2, 0.25) is 10.0 Å². The van der Waals surface area contributed by atoms with E-state index in [9.17, 15) is 0 Å². The highest BCUT2D eigenvalue weighted by molar-refractivity contribution is 9.10. The molecule has 92 valence electrons. The Morgan fingerprint density at radius 2 is 1.89 bits per heavy atom. The zero-order chi connectivity index (χ0) is 12.9. The third-order valence-corrected chi connectivity index (χ3v) is 5.23. The largest absolute Gasteiger partial charge is 0.234 e. The molecule has 0 amide bonds. The van der Waals surface area contributed by atoms with Gasteiger partial charge in [0.05, 0.1) is 14.5 Å². The molecule has 0 radical (unpaired) electrons. The lowest BCUT2D eigenvalue weighted by atomic mass is 10.2. The maximum Gasteiger partial charge on any atom is 0.234 e. The SMILES string of the molecule is Cc1nnc2sc(-c3cc(Cl)c(Br)c(Cl)c3)nn12. The minimum Gasteiger partial charge on any atom is -0.187 e. The van der Waals surface area contributed by atoms with Gasteiger partial charge < -0.3 is 0 Å². The monoisotopic (exact) mass is 362 g/mol. The van der Waals surface area contributed by atoms with Gasteiger partial charge in [0.15, 0.2) is 5.82 Å². The standard InChI is InChI=1S/C10H5BrCl2N4S/c1-4-14-15-10-17(4)16-9(18-10)5-2-6(12)8(11)7(13)3-5/h2-3H,1H3. The van der Waals surface area contributed by atoms with E-state index in [2.05, 4.69) is 31.2 Å². The topological polar surface area (TPSA) is 43.1 Å². The molecule has 8 heteroatoms. The maximum atomic E-state index is 6.08. The molecule has 3 aromatic rings. The number of hydrogen-bond acceptors (Lipinski definition) is 4. The Morgan fingerprint density at radius 1 is 1.22 bits per heavy atom. The van der Waals surface area contributed by atoms with Crippen LogP contribution in [0.1, 0.15) is 5.82 Å². The number of fused-ring (bicyclic) bond motifs is 1. The Hall–Kier alpha value is -0.690. The number of nitrogens with zero attached hydrogens (tertiary/aromatic N) is 4. The molecular formula is C10H5BrCl2N4S. The molecule has 0 atom stereocenters. The van der Waals surface area contributed by atoms with Gasteiger partial charge in [-0.1, -0.05) is 34.5 Å². The molecule has 0 unspecified atom stereocenters. The van der Waals surface area contributed by atoms with Crippen LogP contribution < -0.4 is 0 Å². The van der Waals surface area contributed by atoms with Crippen molar-refractivity contribution in [3.63, 3.8) is 0 Å². The van der Waals surface area contributed by atoms with Crippen molar-refractivity contribution in [2.45, 2.75) is 6.92 Å². The number of benzene rings is 1. The minimum atomic E-state index is 0.556. The summed E-state index contributed by atoms with van der Waals surface area (Å²) in [5.74, 6) is 0.752. The molecule has 2 heterocycles. The van der Waals surface area contributed by atoms with E-state index in [0.717, 1.165) is 21.4 Å². The Balaban J connectivity index is 2.19. The van der Waals surface area contributed by atoms with Crippen molar-refractivity contribution in [1.82, 2.24) is 19.8 Å². The van der Waals surface area contributed by atoms with Gasteiger partial charge >= 0.3 is 0 Å². The van der Waals surface area contributed by atoms with Crippen molar-refractivity contribution in [3.8, 4) is 10.6 Å². The van der Waals surface area contributed by atoms with Crippen LogP contribution >= 0.6 is 50.5 Å². The molecule has 1 aromatic carbocycles. The summed E-state index contributed by atoms with van der Waals surface area (Å²) >= 11 is 16.9. The summed E-state index contributed by atoms with van der Waals surface area (Å²) in [7, 11) is 0. The summed E-state index contributed by atoms with van der Waals surface area (Å²) in [4.78, 5) is 0.748. The smallest absolute Gasteiger partial charge is 0.187 e. The zero-order valence-electron chi connectivity index (χ0n) is 8.99. The molecule has 0 aliphatic carbocycles. The Labute approximate surface area is 125 Å². The van der Waals surface area contributed by atoms with Gasteiger partial charge in [-0.15, -0.1) is 10.2 Å². The van der Waals surface area contributed by atoms with Crippen LogP contribution in [0.15, 0.2) is 16.6 Å². The molecule has 0 aliphatic heterocycles. The predicted octanol–water partition coefficient (Wildman–Crippen LogP) is 4.23. The van der Waals surface area contributed by atoms with Gasteiger partial charge in [0.25, 0.3) is 0 Å². The van der Waals surface area contributed by atoms with Gasteiger partial charge in [-0.25, -0.2) is 0 Å². The molecule has 0 aliphatic rings. The highest BCUT2D eigenvalue weighted by atomic mass is 79.9. The van der Waals surface area contributed by atoms with Gasteiger partial charge in [0.2, 0.25) is 4.96 Å². The average molecular weight is 364 g/mol. The van der Waals surface area contributed by atoms with Crippen molar-refractivity contribution < 1.29 is 0 Å². The van der Waals surface area contributed by atoms with Crippen molar-refractivity contribution >= 4 is 55.4 Å². The summed E-state index contributed by atoms with van der Waals surface area (Å²) in [6.07, 6.45) is 0. The average Bonchev–Trinajstić information content (AvgIpc) is 2.88. The fraction of sp³-hybridized carbons (Fsp3) is 0.100. The predicted molar refractivity (Wildman–Crippen MR) is 76.6 cm³/mol. The van der Waals surface area contributed by atoms with Gasteiger partial charge in [-0.3, -0.25) is 0 Å². The van der Waals surface area contributed by atoms with Crippen molar-refractivity contribution in [2.75, 3.05) is 0 Å². The van der Waals surface area contributed by atoms with Crippen LogP contribution in [0, 0.1) is 6.92 Å². The highest BCUT2D eigenvalue weighted by Gasteiger charge is 2.13. The van der Waals surface area contributed by atoms with E-state index < -0.39 is 0 Å². The third-order valence-electron chi connectivity index (χ3n) is 2.38. The van der Waals surface area contributed by atoms with Crippen LogP contribution in [-0.4, -0.2) is 19.8 Å². The fourth-order valence-electron chi connectivity index (χ4n) is 1.51. The van der Waals surface area contributed by atoms with E-state index in [1.165, 1.54) is 11.3 Å². The first-order valence-electron chi connectivity index (χ1n) is 4.90. The van der Waals surface area contributed by atoms with E-state index in [1.807, 2.05) is 19.1 Å². The highest BCUT2D eigenvalue weighted by Crippen LogP contribution is 2.36. The second-order valence-corrected chi connectivity index (χ2v) is 6.17. The summed E-state index contributed by atoms with van der Waals surface area (Å²) in [5, 5.41) is 14.3. The van der Waals surface area contributed by atoms with Crippen LogP contribution in [0.25, 0.3) is 15.5 Å². The van der Waals surface area contributed by atoms with E-state index in [1.54, 1.807) is 4.52 Å². The molecule has 2 aromatic heterocycles. The molecule has 4 nitrogen and oxygen atoms in total. The molecule has 3 rings (SSSR count). The summed E-state index contributed by atoms with van der Waals surface area (Å²) in [6, 6.07) is 3.64. The normalized spacial score (nSPS) is 11.3. The van der Waals surface area contributed by atoms with Crippen molar-refractivity contribution in [3.05, 3.63) is 32.5 Å². The van der Waals surface area contributed by atoms with E-state index >= 15 is 0 Å². The lowest BCUT2D eigenvalue weighted by Gasteiger charge is -2.02.